The number of amides is 1. The molecule has 0 bridgehead atoms. The predicted octanol–water partition coefficient (Wildman–Crippen LogP) is 5.23. The van der Waals surface area contributed by atoms with Crippen molar-refractivity contribution >= 4 is 12.1 Å². The molecule has 2 aromatic carbocycles. The van der Waals surface area contributed by atoms with Gasteiger partial charge in [0.25, 0.3) is 0 Å². The Kier molecular flexibility index (Phi) is 9.36. The minimum Gasteiger partial charge on any atom is -0.490 e. The van der Waals surface area contributed by atoms with E-state index in [9.17, 15) is 9.59 Å². The first-order valence-electron chi connectivity index (χ1n) is 11.4. The van der Waals surface area contributed by atoms with Crippen LogP contribution in [0, 0.1) is 6.92 Å². The zero-order valence-electron chi connectivity index (χ0n) is 21.3. The van der Waals surface area contributed by atoms with Gasteiger partial charge in [-0.05, 0) is 77.8 Å². The number of alkyl carbamates (subject to hydrolysis) is 1. The Morgan fingerprint density at radius 3 is 2.00 bits per heavy atom. The van der Waals surface area contributed by atoms with Crippen molar-refractivity contribution in [3.8, 4) is 11.5 Å². The van der Waals surface area contributed by atoms with E-state index in [1.165, 1.54) is 0 Å². The van der Waals surface area contributed by atoms with Gasteiger partial charge in [-0.3, -0.25) is 0 Å². The van der Waals surface area contributed by atoms with Gasteiger partial charge in [0.15, 0.2) is 0 Å². The zero-order valence-corrected chi connectivity index (χ0v) is 21.3. The highest BCUT2D eigenvalue weighted by Gasteiger charge is 2.29. The first-order valence-corrected chi connectivity index (χ1v) is 11.4. The number of para-hydroxylation sites is 1. The van der Waals surface area contributed by atoms with Gasteiger partial charge >= 0.3 is 12.1 Å². The molecular formula is C27H37NO6. The molecule has 0 spiro atoms. The number of hydrogen-bond donors (Lipinski definition) is 1. The molecule has 7 heteroatoms. The Morgan fingerprint density at radius 2 is 1.41 bits per heavy atom. The lowest BCUT2D eigenvalue weighted by molar-refractivity contribution is -0.157. The lowest BCUT2D eigenvalue weighted by Crippen LogP contribution is -2.47. The van der Waals surface area contributed by atoms with Crippen LogP contribution in [-0.2, 0) is 20.7 Å². The van der Waals surface area contributed by atoms with Gasteiger partial charge in [-0.25, -0.2) is 9.59 Å². The van der Waals surface area contributed by atoms with Crippen LogP contribution < -0.4 is 14.8 Å². The summed E-state index contributed by atoms with van der Waals surface area (Å²) in [6, 6.07) is 14.3. The zero-order chi connectivity index (χ0) is 25.4. The van der Waals surface area contributed by atoms with Crippen molar-refractivity contribution in [1.82, 2.24) is 5.32 Å². The van der Waals surface area contributed by atoms with Gasteiger partial charge in [0, 0.05) is 6.42 Å². The maximum atomic E-state index is 12.7. The summed E-state index contributed by atoms with van der Waals surface area (Å²) < 4.78 is 22.3. The molecule has 1 amide bonds. The normalized spacial score (nSPS) is 12.4. The molecule has 7 nitrogen and oxygen atoms in total. The van der Waals surface area contributed by atoms with E-state index < -0.39 is 29.3 Å². The third-order valence-corrected chi connectivity index (χ3v) is 4.45. The fraction of sp³-hybridized carbons (Fsp3) is 0.481. The summed E-state index contributed by atoms with van der Waals surface area (Å²) >= 11 is 0. The molecule has 0 aliphatic heterocycles. The van der Waals surface area contributed by atoms with E-state index in [2.05, 4.69) is 5.32 Å². The van der Waals surface area contributed by atoms with Crippen molar-refractivity contribution in [3.63, 3.8) is 0 Å². The van der Waals surface area contributed by atoms with E-state index in [-0.39, 0.29) is 6.42 Å². The Labute approximate surface area is 202 Å². The highest BCUT2D eigenvalue weighted by Crippen LogP contribution is 2.18. The average Bonchev–Trinajstić information content (AvgIpc) is 2.70. The van der Waals surface area contributed by atoms with Gasteiger partial charge < -0.3 is 24.3 Å². The minimum atomic E-state index is -0.886. The first kappa shape index (κ1) is 27.0. The van der Waals surface area contributed by atoms with Crippen molar-refractivity contribution in [3.05, 3.63) is 59.7 Å². The number of carbonyl (C=O) groups is 2. The Hall–Kier alpha value is -3.22. The number of ether oxygens (including phenoxy) is 4. The van der Waals surface area contributed by atoms with Crippen LogP contribution in [0.3, 0.4) is 0 Å². The summed E-state index contributed by atoms with van der Waals surface area (Å²) in [4.78, 5) is 25.0. The molecule has 0 saturated heterocycles. The molecular weight excluding hydrogens is 434 g/mol. The molecule has 1 N–H and O–H groups in total. The second kappa shape index (κ2) is 11.8. The van der Waals surface area contributed by atoms with Gasteiger partial charge in [0.1, 0.15) is 42.0 Å². The quantitative estimate of drug-likeness (QED) is 0.398. The largest absolute Gasteiger partial charge is 0.490 e. The molecule has 186 valence electrons. The fourth-order valence-electron chi connectivity index (χ4n) is 3.00. The summed E-state index contributed by atoms with van der Waals surface area (Å²) in [5.74, 6) is 1.00. The smallest absolute Gasteiger partial charge is 0.408 e. The summed E-state index contributed by atoms with van der Waals surface area (Å²) in [6.07, 6.45) is -0.415. The standard InChI is InChI=1S/C27H37NO6/c1-19-10-8-9-11-23(19)32-17-16-31-21-14-12-20(13-15-21)18-22(24(29)33-26(2,3)4)28-25(30)34-27(5,6)7/h8-15,22H,16-18H2,1-7H3,(H,28,30)/t22-/m0/s1. The molecule has 1 atom stereocenters. The molecule has 0 unspecified atom stereocenters. The highest BCUT2D eigenvalue weighted by molar-refractivity contribution is 5.82. The van der Waals surface area contributed by atoms with Crippen molar-refractivity contribution in [1.29, 1.82) is 0 Å². The van der Waals surface area contributed by atoms with E-state index in [0.29, 0.717) is 19.0 Å². The Bertz CT molecular complexity index is 941. The third kappa shape index (κ3) is 10.1. The van der Waals surface area contributed by atoms with Gasteiger partial charge in [-0.15, -0.1) is 0 Å². The predicted molar refractivity (Wildman–Crippen MR) is 131 cm³/mol. The topological polar surface area (TPSA) is 83.1 Å². The van der Waals surface area contributed by atoms with E-state index in [0.717, 1.165) is 16.9 Å². The van der Waals surface area contributed by atoms with Crippen LogP contribution in [0.15, 0.2) is 48.5 Å². The monoisotopic (exact) mass is 471 g/mol. The molecule has 0 aromatic heterocycles. The second-order valence-electron chi connectivity index (χ2n) is 10.0. The lowest BCUT2D eigenvalue weighted by atomic mass is 10.1. The van der Waals surface area contributed by atoms with Crippen LogP contribution in [0.25, 0.3) is 0 Å². The average molecular weight is 472 g/mol. The first-order chi connectivity index (χ1) is 15.8. The molecule has 0 aliphatic rings. The summed E-state index contributed by atoms with van der Waals surface area (Å²) in [5, 5.41) is 2.64. The lowest BCUT2D eigenvalue weighted by Gasteiger charge is -2.26. The third-order valence-electron chi connectivity index (χ3n) is 4.45. The Balaban J connectivity index is 1.94. The Morgan fingerprint density at radius 1 is 0.824 bits per heavy atom. The maximum Gasteiger partial charge on any atom is 0.408 e. The summed E-state index contributed by atoms with van der Waals surface area (Å²) in [6.45, 7) is 13.5. The van der Waals surface area contributed by atoms with E-state index in [4.69, 9.17) is 18.9 Å². The highest BCUT2D eigenvalue weighted by atomic mass is 16.6. The van der Waals surface area contributed by atoms with Crippen LogP contribution in [-0.4, -0.2) is 42.5 Å². The van der Waals surface area contributed by atoms with E-state index in [1.54, 1.807) is 41.5 Å². The molecule has 0 aliphatic carbocycles. The molecule has 2 aromatic rings. The fourth-order valence-corrected chi connectivity index (χ4v) is 3.00. The number of hydrogen-bond acceptors (Lipinski definition) is 6. The number of nitrogens with one attached hydrogen (secondary N) is 1. The number of carbonyl (C=O) groups excluding carboxylic acids is 2. The van der Waals surface area contributed by atoms with Crippen LogP contribution in [0.5, 0.6) is 11.5 Å². The van der Waals surface area contributed by atoms with Gasteiger partial charge in [-0.2, -0.15) is 0 Å². The second-order valence-corrected chi connectivity index (χ2v) is 10.0. The number of esters is 1. The van der Waals surface area contributed by atoms with Gasteiger partial charge in [0.05, 0.1) is 0 Å². The molecule has 2 rings (SSSR count). The number of rotatable bonds is 9. The van der Waals surface area contributed by atoms with Crippen molar-refractivity contribution in [2.75, 3.05) is 13.2 Å². The van der Waals surface area contributed by atoms with Crippen molar-refractivity contribution in [2.45, 2.75) is 72.1 Å². The van der Waals surface area contributed by atoms with Crippen LogP contribution in [0.4, 0.5) is 4.79 Å². The number of aryl methyl sites for hydroxylation is 1. The van der Waals surface area contributed by atoms with Gasteiger partial charge in [-0.1, -0.05) is 30.3 Å². The van der Waals surface area contributed by atoms with Crippen LogP contribution >= 0.6 is 0 Å². The summed E-state index contributed by atoms with van der Waals surface area (Å²) in [5.41, 5.74) is 0.565. The maximum absolute atomic E-state index is 12.7. The van der Waals surface area contributed by atoms with E-state index in [1.807, 2.05) is 55.5 Å². The van der Waals surface area contributed by atoms with Crippen LogP contribution in [0.2, 0.25) is 0 Å². The molecule has 0 heterocycles. The van der Waals surface area contributed by atoms with Gasteiger partial charge in [0.2, 0.25) is 0 Å². The minimum absolute atomic E-state index is 0.255. The molecule has 34 heavy (non-hydrogen) atoms. The summed E-state index contributed by atoms with van der Waals surface area (Å²) in [7, 11) is 0. The molecule has 0 saturated carbocycles. The number of benzene rings is 2. The molecule has 0 fully saturated rings. The van der Waals surface area contributed by atoms with E-state index >= 15 is 0 Å². The molecule has 0 radical (unpaired) electrons. The van der Waals surface area contributed by atoms with Crippen LogP contribution in [0.1, 0.15) is 52.7 Å². The van der Waals surface area contributed by atoms with Crippen molar-refractivity contribution in [2.24, 2.45) is 0 Å². The SMILES string of the molecule is Cc1ccccc1OCCOc1ccc(C[C@H](NC(=O)OC(C)(C)C)C(=O)OC(C)(C)C)cc1. The van der Waals surface area contributed by atoms with Crippen molar-refractivity contribution < 1.29 is 28.5 Å².